The molecule has 0 fully saturated rings. The molecule has 0 radical (unpaired) electrons. The molecule has 0 atom stereocenters. The second-order valence-electron chi connectivity index (χ2n) is 3.34. The van der Waals surface area contributed by atoms with Gasteiger partial charge in [0.1, 0.15) is 11.6 Å². The maximum absolute atomic E-state index is 12.6. The van der Waals surface area contributed by atoms with Crippen molar-refractivity contribution in [3.05, 3.63) is 38.9 Å². The van der Waals surface area contributed by atoms with Crippen LogP contribution in [0.15, 0.2) is 12.1 Å². The summed E-state index contributed by atoms with van der Waals surface area (Å²) in [5, 5.41) is 19.2. The summed E-state index contributed by atoms with van der Waals surface area (Å²) in [5.74, 6) is -0.756. The summed E-state index contributed by atoms with van der Waals surface area (Å²) in [4.78, 5) is 20.5. The Morgan fingerprint density at radius 1 is 1.44 bits per heavy atom. The van der Waals surface area contributed by atoms with Crippen LogP contribution < -0.4 is 0 Å². The van der Waals surface area contributed by atoms with Crippen LogP contribution in [0.3, 0.4) is 0 Å². The second-order valence-corrected chi connectivity index (χ2v) is 3.34. The number of carbonyl (C=O) groups excluding carboxylic acids is 1. The number of Topliss-reactive ketones (excluding diaryl/α,β-unsaturated/α-hetero) is 1. The molecule has 0 saturated heterocycles. The van der Waals surface area contributed by atoms with Gasteiger partial charge < -0.3 is 0 Å². The van der Waals surface area contributed by atoms with Crippen LogP contribution in [0.5, 0.6) is 0 Å². The summed E-state index contributed by atoms with van der Waals surface area (Å²) in [6.07, 6.45) is -4.94. The summed E-state index contributed by atoms with van der Waals surface area (Å²) >= 11 is 0. The van der Waals surface area contributed by atoms with Crippen LogP contribution in [0.25, 0.3) is 0 Å². The molecular formula is C10H5F3N2O3. The molecule has 0 aliphatic rings. The fraction of sp³-hybridized carbons (Fsp3) is 0.200. The van der Waals surface area contributed by atoms with Gasteiger partial charge in [-0.25, -0.2) is 0 Å². The number of hydrogen-bond acceptors (Lipinski definition) is 4. The molecule has 1 aromatic rings. The quantitative estimate of drug-likeness (QED) is 0.463. The predicted octanol–water partition coefficient (Wildman–Crippen LogP) is 2.69. The lowest BCUT2D eigenvalue weighted by molar-refractivity contribution is -0.385. The Balaban J connectivity index is 3.74. The Morgan fingerprint density at radius 3 is 2.33 bits per heavy atom. The summed E-state index contributed by atoms with van der Waals surface area (Å²) in [6.45, 7) is 0.977. The van der Waals surface area contributed by atoms with Crippen LogP contribution in [0.1, 0.15) is 28.4 Å². The van der Waals surface area contributed by atoms with E-state index in [0.717, 1.165) is 13.0 Å². The van der Waals surface area contributed by atoms with Gasteiger partial charge in [0.2, 0.25) is 0 Å². The standard InChI is InChI=1S/C10H5F3N2O3/c1-5(16)6-2-8(10(11,12)13)7(4-14)9(3-6)15(17)18/h2-3H,1H3. The maximum Gasteiger partial charge on any atom is 0.417 e. The van der Waals surface area contributed by atoms with Crippen LogP contribution >= 0.6 is 0 Å². The first-order chi connectivity index (χ1) is 8.18. The zero-order chi connectivity index (χ0) is 14.1. The number of nitrogens with zero attached hydrogens (tertiary/aromatic N) is 2. The van der Waals surface area contributed by atoms with Gasteiger partial charge in [-0.1, -0.05) is 0 Å². The third kappa shape index (κ3) is 2.45. The van der Waals surface area contributed by atoms with Crippen LogP contribution in [0.4, 0.5) is 18.9 Å². The normalized spacial score (nSPS) is 10.8. The number of alkyl halides is 3. The first-order valence-electron chi connectivity index (χ1n) is 4.49. The highest BCUT2D eigenvalue weighted by molar-refractivity contribution is 5.95. The fourth-order valence-corrected chi connectivity index (χ4v) is 1.32. The van der Waals surface area contributed by atoms with Crippen LogP contribution in [0.2, 0.25) is 0 Å². The largest absolute Gasteiger partial charge is 0.417 e. The van der Waals surface area contributed by atoms with Crippen molar-refractivity contribution < 1.29 is 22.9 Å². The van der Waals surface area contributed by atoms with Crippen LogP contribution in [0, 0.1) is 21.4 Å². The average Bonchev–Trinajstić information content (AvgIpc) is 2.25. The predicted molar refractivity (Wildman–Crippen MR) is 52.8 cm³/mol. The smallest absolute Gasteiger partial charge is 0.295 e. The number of nitro benzene ring substituents is 1. The molecule has 0 aliphatic carbocycles. The number of rotatable bonds is 2. The SMILES string of the molecule is CC(=O)c1cc([N+](=O)[O-])c(C#N)c(C(F)(F)F)c1. The van der Waals surface area contributed by atoms with E-state index in [4.69, 9.17) is 5.26 Å². The molecule has 18 heavy (non-hydrogen) atoms. The van der Waals surface area contributed by atoms with Crippen LogP contribution in [-0.2, 0) is 6.18 Å². The van der Waals surface area contributed by atoms with E-state index in [-0.39, 0.29) is 0 Å². The van der Waals surface area contributed by atoms with Gasteiger partial charge in [0, 0.05) is 11.6 Å². The van der Waals surface area contributed by atoms with Crippen molar-refractivity contribution in [3.8, 4) is 6.07 Å². The van der Waals surface area contributed by atoms with E-state index in [9.17, 15) is 28.1 Å². The van der Waals surface area contributed by atoms with E-state index >= 15 is 0 Å². The highest BCUT2D eigenvalue weighted by Gasteiger charge is 2.38. The molecule has 0 spiro atoms. The van der Waals surface area contributed by atoms with E-state index < -0.39 is 39.3 Å². The van der Waals surface area contributed by atoms with E-state index in [1.54, 1.807) is 0 Å². The number of carbonyl (C=O) groups is 1. The Kier molecular flexibility index (Phi) is 3.37. The number of nitriles is 1. The molecule has 1 aromatic carbocycles. The summed E-state index contributed by atoms with van der Waals surface area (Å²) in [7, 11) is 0. The van der Waals surface area contributed by atoms with E-state index in [0.29, 0.717) is 12.1 Å². The highest BCUT2D eigenvalue weighted by atomic mass is 19.4. The van der Waals surface area contributed by atoms with E-state index in [1.165, 1.54) is 0 Å². The zero-order valence-corrected chi connectivity index (χ0v) is 8.91. The first-order valence-corrected chi connectivity index (χ1v) is 4.49. The Morgan fingerprint density at radius 2 is 2.00 bits per heavy atom. The first kappa shape index (κ1) is 13.6. The van der Waals surface area contributed by atoms with Gasteiger partial charge in [-0.05, 0) is 13.0 Å². The van der Waals surface area contributed by atoms with Crippen molar-refractivity contribution in [2.24, 2.45) is 0 Å². The zero-order valence-electron chi connectivity index (χ0n) is 8.91. The highest BCUT2D eigenvalue weighted by Crippen LogP contribution is 2.36. The van der Waals surface area contributed by atoms with Crippen molar-refractivity contribution >= 4 is 11.5 Å². The fourth-order valence-electron chi connectivity index (χ4n) is 1.32. The summed E-state index contributed by atoms with van der Waals surface area (Å²) < 4.78 is 37.9. The topological polar surface area (TPSA) is 84.0 Å². The minimum Gasteiger partial charge on any atom is -0.295 e. The van der Waals surface area contributed by atoms with Crippen molar-refractivity contribution in [1.29, 1.82) is 5.26 Å². The molecule has 0 N–H and O–H groups in total. The lowest BCUT2D eigenvalue weighted by Crippen LogP contribution is -2.11. The van der Waals surface area contributed by atoms with Crippen molar-refractivity contribution in [2.75, 3.05) is 0 Å². The molecule has 0 aromatic heterocycles. The summed E-state index contributed by atoms with van der Waals surface area (Å²) in [5.41, 5.74) is -4.08. The molecule has 0 aliphatic heterocycles. The third-order valence-electron chi connectivity index (χ3n) is 2.14. The molecule has 1 rings (SSSR count). The molecule has 8 heteroatoms. The third-order valence-corrected chi connectivity index (χ3v) is 2.14. The number of ketones is 1. The molecule has 0 bridgehead atoms. The Bertz CT molecular complexity index is 573. The molecule has 0 unspecified atom stereocenters. The molecule has 0 heterocycles. The Hall–Kier alpha value is -2.43. The lowest BCUT2D eigenvalue weighted by Gasteiger charge is -2.10. The molecule has 0 saturated carbocycles. The van der Waals surface area contributed by atoms with Gasteiger partial charge in [-0.2, -0.15) is 18.4 Å². The molecule has 94 valence electrons. The van der Waals surface area contributed by atoms with Gasteiger partial charge in [-0.15, -0.1) is 0 Å². The summed E-state index contributed by atoms with van der Waals surface area (Å²) in [6, 6.07) is 2.25. The van der Waals surface area contributed by atoms with Gasteiger partial charge >= 0.3 is 6.18 Å². The minimum atomic E-state index is -4.94. The Labute approximate surface area is 98.6 Å². The van der Waals surface area contributed by atoms with E-state index in [1.807, 2.05) is 0 Å². The molecule has 0 amide bonds. The monoisotopic (exact) mass is 258 g/mol. The van der Waals surface area contributed by atoms with E-state index in [2.05, 4.69) is 0 Å². The maximum atomic E-state index is 12.6. The van der Waals surface area contributed by atoms with Crippen molar-refractivity contribution in [3.63, 3.8) is 0 Å². The van der Waals surface area contributed by atoms with Gasteiger partial charge in [0.15, 0.2) is 5.78 Å². The lowest BCUT2D eigenvalue weighted by atomic mass is 10.00. The average molecular weight is 258 g/mol. The molecule has 5 nitrogen and oxygen atoms in total. The number of benzene rings is 1. The number of nitro groups is 1. The number of halogens is 3. The minimum absolute atomic E-state index is 0.438. The van der Waals surface area contributed by atoms with Gasteiger partial charge in [-0.3, -0.25) is 14.9 Å². The second kappa shape index (κ2) is 4.44. The van der Waals surface area contributed by atoms with Gasteiger partial charge in [0.05, 0.1) is 10.5 Å². The van der Waals surface area contributed by atoms with Gasteiger partial charge in [0.25, 0.3) is 5.69 Å². The van der Waals surface area contributed by atoms with Crippen molar-refractivity contribution in [1.82, 2.24) is 0 Å². The molecular weight excluding hydrogens is 253 g/mol. The van der Waals surface area contributed by atoms with Crippen LogP contribution in [-0.4, -0.2) is 10.7 Å². The number of hydrogen-bond donors (Lipinski definition) is 0. The van der Waals surface area contributed by atoms with Crippen molar-refractivity contribution in [2.45, 2.75) is 13.1 Å².